The highest BCUT2D eigenvalue weighted by Gasteiger charge is 2.12. The lowest BCUT2D eigenvalue weighted by molar-refractivity contribution is 0.582. The Bertz CT molecular complexity index is 1550. The first-order chi connectivity index (χ1) is 14.9. The molecule has 0 amide bonds. The minimum absolute atomic E-state index is 0.748. The molecule has 0 N–H and O–H groups in total. The number of aromatic nitrogens is 6. The third-order valence-corrected chi connectivity index (χ3v) is 5.08. The monoisotopic (exact) mass is 390 g/mol. The predicted octanol–water partition coefficient (Wildman–Crippen LogP) is 4.67. The highest BCUT2D eigenvalue weighted by molar-refractivity contribution is 6.03. The summed E-state index contributed by atoms with van der Waals surface area (Å²) < 4.78 is 0. The average Bonchev–Trinajstić information content (AvgIpc) is 3.41. The first-order valence-corrected chi connectivity index (χ1v) is 9.44. The first kappa shape index (κ1) is 16.5. The maximum Gasteiger partial charge on any atom is 0.123 e. The Morgan fingerprint density at radius 1 is 0.567 bits per heavy atom. The molecule has 0 atom stereocenters. The molecule has 30 heavy (non-hydrogen) atoms. The van der Waals surface area contributed by atoms with Crippen molar-refractivity contribution in [2.45, 2.75) is 0 Å². The summed E-state index contributed by atoms with van der Waals surface area (Å²) in [5.41, 5.74) is 5.13. The Morgan fingerprint density at radius 3 is 2.20 bits per heavy atom. The largest absolute Gasteiger partial charge is 0.128 e. The molecule has 6 aromatic rings. The Morgan fingerprint density at radius 2 is 1.23 bits per heavy atom. The van der Waals surface area contributed by atoms with Gasteiger partial charge in [0.25, 0.3) is 0 Å². The smallest absolute Gasteiger partial charge is 0.123 e. The number of hydrogen-bond acceptors (Lipinski definition) is 6. The van der Waals surface area contributed by atoms with Gasteiger partial charge >= 0.3 is 0 Å². The average molecular weight is 390 g/mol. The van der Waals surface area contributed by atoms with Gasteiger partial charge < -0.3 is 0 Å². The van der Waals surface area contributed by atoms with E-state index in [1.807, 2.05) is 54.6 Å². The Labute approximate surface area is 170 Å². The van der Waals surface area contributed by atoms with E-state index in [0.717, 1.165) is 38.6 Å². The van der Waals surface area contributed by atoms with Gasteiger partial charge in [0.2, 0.25) is 0 Å². The maximum atomic E-state index is 4.38. The molecule has 0 aliphatic carbocycles. The number of fused-ring (bicyclic) bond motifs is 3. The van der Waals surface area contributed by atoms with E-state index in [1.54, 1.807) is 0 Å². The van der Waals surface area contributed by atoms with Crippen LogP contribution in [-0.4, -0.2) is 30.2 Å². The lowest BCUT2D eigenvalue weighted by Crippen LogP contribution is -1.95. The molecule has 0 aliphatic heterocycles. The summed E-state index contributed by atoms with van der Waals surface area (Å²) in [5.74, 6) is 0. The van der Waals surface area contributed by atoms with Gasteiger partial charge in [0.15, 0.2) is 0 Å². The van der Waals surface area contributed by atoms with Crippen molar-refractivity contribution in [3.8, 4) is 11.1 Å². The van der Waals surface area contributed by atoms with Gasteiger partial charge in [-0.3, -0.25) is 0 Å². The fraction of sp³-hybridized carbons (Fsp3) is 0. The minimum atomic E-state index is 0.748. The quantitative estimate of drug-likeness (QED) is 0.411. The molecule has 6 rings (SSSR count). The zero-order valence-corrected chi connectivity index (χ0v) is 15.7. The van der Waals surface area contributed by atoms with Crippen molar-refractivity contribution < 1.29 is 0 Å². The Hall–Kier alpha value is -4.46. The molecule has 2 aromatic heterocycles. The van der Waals surface area contributed by atoms with Crippen LogP contribution in [0.25, 0.3) is 44.0 Å². The summed E-state index contributed by atoms with van der Waals surface area (Å²) in [4.78, 5) is 2.78. The number of para-hydroxylation sites is 1. The molecule has 0 bridgehead atoms. The van der Waals surface area contributed by atoms with Crippen molar-refractivity contribution in [1.82, 2.24) is 30.2 Å². The van der Waals surface area contributed by atoms with Crippen molar-refractivity contribution in [1.29, 1.82) is 0 Å². The third kappa shape index (κ3) is 2.55. The molecule has 8 nitrogen and oxygen atoms in total. The van der Waals surface area contributed by atoms with Crippen LogP contribution in [-0.2, 0) is 0 Å². The Kier molecular flexibility index (Phi) is 3.60. The summed E-state index contributed by atoms with van der Waals surface area (Å²) in [6, 6.07) is 28.0. The van der Waals surface area contributed by atoms with Crippen LogP contribution in [0.5, 0.6) is 0 Å². The molecule has 4 aromatic carbocycles. The van der Waals surface area contributed by atoms with Crippen LogP contribution in [0.3, 0.4) is 0 Å². The van der Waals surface area contributed by atoms with Gasteiger partial charge in [-0.1, -0.05) is 66.7 Å². The second-order valence-electron chi connectivity index (χ2n) is 6.83. The number of benzene rings is 4. The van der Waals surface area contributed by atoms with E-state index < -0.39 is 0 Å². The summed E-state index contributed by atoms with van der Waals surface area (Å²) >= 11 is 0. The van der Waals surface area contributed by atoms with Crippen LogP contribution in [0.2, 0.25) is 0 Å². The normalized spacial score (nSPS) is 11.9. The highest BCUT2D eigenvalue weighted by Crippen LogP contribution is 2.32. The van der Waals surface area contributed by atoms with Crippen molar-refractivity contribution in [2.24, 2.45) is 10.4 Å². The molecule has 0 saturated carbocycles. The van der Waals surface area contributed by atoms with Gasteiger partial charge in [0.1, 0.15) is 22.1 Å². The molecule has 0 unspecified atom stereocenters. The highest BCUT2D eigenvalue weighted by atomic mass is 15.7. The van der Waals surface area contributed by atoms with E-state index in [0.29, 0.717) is 0 Å². The molecular formula is C22H14N8. The van der Waals surface area contributed by atoms with Crippen LogP contribution in [0.1, 0.15) is 0 Å². The molecule has 8 heteroatoms. The van der Waals surface area contributed by atoms with Gasteiger partial charge in [0, 0.05) is 5.56 Å². The van der Waals surface area contributed by atoms with E-state index in [1.165, 1.54) is 15.0 Å². The van der Waals surface area contributed by atoms with Crippen molar-refractivity contribution in [3.63, 3.8) is 0 Å². The van der Waals surface area contributed by atoms with E-state index in [-0.39, 0.29) is 0 Å². The number of nitrogens with zero attached hydrogens (tertiary/aromatic N) is 8. The van der Waals surface area contributed by atoms with Gasteiger partial charge in [-0.05, 0) is 55.4 Å². The van der Waals surface area contributed by atoms with Crippen LogP contribution in [0.15, 0.2) is 95.4 Å². The third-order valence-electron chi connectivity index (χ3n) is 5.08. The van der Waals surface area contributed by atoms with Crippen molar-refractivity contribution in [2.75, 3.05) is 0 Å². The molecule has 2 heterocycles. The van der Waals surface area contributed by atoms with Crippen LogP contribution in [0, 0.1) is 0 Å². The fourth-order valence-corrected chi connectivity index (χ4v) is 3.68. The summed E-state index contributed by atoms with van der Waals surface area (Å²) in [5, 5.41) is 27.4. The molecule has 0 saturated heterocycles. The van der Waals surface area contributed by atoms with E-state index >= 15 is 0 Å². The summed E-state index contributed by atoms with van der Waals surface area (Å²) in [7, 11) is 0. The van der Waals surface area contributed by atoms with Crippen LogP contribution >= 0.6 is 0 Å². The second-order valence-corrected chi connectivity index (χ2v) is 6.83. The van der Waals surface area contributed by atoms with Gasteiger partial charge in [-0.15, -0.1) is 19.8 Å². The Balaban J connectivity index is 1.47. The zero-order valence-electron chi connectivity index (χ0n) is 15.7. The lowest BCUT2D eigenvalue weighted by atomic mass is 9.97. The summed E-state index contributed by atoms with van der Waals surface area (Å²) in [6.45, 7) is 0. The van der Waals surface area contributed by atoms with Crippen molar-refractivity contribution >= 4 is 32.8 Å². The zero-order chi connectivity index (χ0) is 19.9. The van der Waals surface area contributed by atoms with Gasteiger partial charge in [-0.25, -0.2) is 0 Å². The lowest BCUT2D eigenvalue weighted by Gasteiger charge is -2.07. The molecule has 0 radical (unpaired) electrons. The topological polar surface area (TPSA) is 86.1 Å². The predicted molar refractivity (Wildman–Crippen MR) is 114 cm³/mol. The standard InChI is InChI=1S/C22H14N8/c1-2-9-16-15(7-1)8-5-10-17(16)18-11-6-14-21-22(18)24-26-30(21)28-27-29-20-13-4-3-12-19(20)23-25-29/h1-14H. The SMILES string of the molecule is c1ccc2c(-c3cccc4c3nnn4N=Nn3nnc4ccccc43)cccc2c1. The van der Waals surface area contributed by atoms with Gasteiger partial charge in [0.05, 0.1) is 0 Å². The molecular weight excluding hydrogens is 376 g/mol. The second kappa shape index (κ2) is 6.56. The van der Waals surface area contributed by atoms with E-state index in [4.69, 9.17) is 0 Å². The van der Waals surface area contributed by atoms with Crippen LogP contribution in [0.4, 0.5) is 0 Å². The molecule has 0 fully saturated rings. The number of hydrogen-bond donors (Lipinski definition) is 0. The molecule has 0 spiro atoms. The first-order valence-electron chi connectivity index (χ1n) is 9.44. The van der Waals surface area contributed by atoms with Crippen LogP contribution < -0.4 is 0 Å². The van der Waals surface area contributed by atoms with Crippen molar-refractivity contribution in [3.05, 3.63) is 84.9 Å². The van der Waals surface area contributed by atoms with E-state index in [2.05, 4.69) is 61.4 Å². The number of rotatable bonds is 3. The maximum absolute atomic E-state index is 4.38. The van der Waals surface area contributed by atoms with Gasteiger partial charge in [-0.2, -0.15) is 0 Å². The van der Waals surface area contributed by atoms with E-state index in [9.17, 15) is 0 Å². The fourth-order valence-electron chi connectivity index (χ4n) is 3.68. The molecule has 142 valence electrons. The summed E-state index contributed by atoms with van der Waals surface area (Å²) in [6.07, 6.45) is 0. The minimum Gasteiger partial charge on any atom is -0.128 e. The molecule has 0 aliphatic rings.